The molecule has 1 aromatic heterocycles. The van der Waals surface area contributed by atoms with Crippen LogP contribution in [0.15, 0.2) is 42.6 Å². The van der Waals surface area contributed by atoms with Crippen molar-refractivity contribution in [2.45, 2.75) is 6.92 Å². The number of nitrogens with zero attached hydrogens (tertiary/aromatic N) is 2. The van der Waals surface area contributed by atoms with Crippen molar-refractivity contribution in [1.29, 1.82) is 0 Å². The first-order chi connectivity index (χ1) is 12.9. The summed E-state index contributed by atoms with van der Waals surface area (Å²) in [6.07, 6.45) is 1.35. The second-order valence-corrected chi connectivity index (χ2v) is 6.33. The molecule has 2 aromatic carbocycles. The highest BCUT2D eigenvalue weighted by Gasteiger charge is 2.19. The van der Waals surface area contributed by atoms with Crippen LogP contribution in [0.5, 0.6) is 0 Å². The van der Waals surface area contributed by atoms with Gasteiger partial charge in [-0.25, -0.2) is 4.79 Å². The third-order valence-electron chi connectivity index (χ3n) is 3.71. The number of carbonyl (C=O) groups excluding carboxylic acids is 1. The second-order valence-electron chi connectivity index (χ2n) is 5.48. The van der Waals surface area contributed by atoms with Crippen molar-refractivity contribution >= 4 is 57.1 Å². The van der Waals surface area contributed by atoms with Crippen LogP contribution in [-0.2, 0) is 4.74 Å². The number of nitrogens with one attached hydrogen (secondary N) is 1. The molecule has 0 radical (unpaired) electrons. The van der Waals surface area contributed by atoms with Gasteiger partial charge >= 0.3 is 5.97 Å². The Morgan fingerprint density at radius 3 is 2.78 bits per heavy atom. The molecule has 138 valence electrons. The summed E-state index contributed by atoms with van der Waals surface area (Å²) in [5.41, 5.74) is 1.27. The van der Waals surface area contributed by atoms with Gasteiger partial charge in [0.1, 0.15) is 5.56 Å². The van der Waals surface area contributed by atoms with Crippen molar-refractivity contribution in [2.24, 2.45) is 0 Å². The zero-order valence-electron chi connectivity index (χ0n) is 14.0. The molecule has 0 aliphatic carbocycles. The number of nitro benzene ring substituents is 1. The number of fused-ring (bicyclic) bond motifs is 1. The summed E-state index contributed by atoms with van der Waals surface area (Å²) in [4.78, 5) is 27.1. The van der Waals surface area contributed by atoms with Crippen molar-refractivity contribution < 1.29 is 14.5 Å². The molecule has 9 heteroatoms. The van der Waals surface area contributed by atoms with Gasteiger partial charge in [0.2, 0.25) is 0 Å². The quantitative estimate of drug-likeness (QED) is 0.348. The zero-order chi connectivity index (χ0) is 19.6. The molecular weight excluding hydrogens is 393 g/mol. The standard InChI is InChI=1S/C18H13Cl2N3O4/c1-2-27-18(24)14-9-21-17-13(6-10(19)7-15(17)20)16(14)22-11-4-3-5-12(8-11)23(25)26/h3-9H,2H2,1H3,(H,21,22). The van der Waals surface area contributed by atoms with Crippen LogP contribution in [0.4, 0.5) is 17.1 Å². The van der Waals surface area contributed by atoms with Crippen LogP contribution in [0, 0.1) is 10.1 Å². The van der Waals surface area contributed by atoms with Crippen molar-refractivity contribution in [2.75, 3.05) is 11.9 Å². The van der Waals surface area contributed by atoms with E-state index in [2.05, 4.69) is 10.3 Å². The Balaban J connectivity index is 2.21. The molecule has 1 heterocycles. The predicted octanol–water partition coefficient (Wildman–Crippen LogP) is 5.37. The van der Waals surface area contributed by atoms with Crippen LogP contribution in [-0.4, -0.2) is 22.5 Å². The van der Waals surface area contributed by atoms with E-state index in [9.17, 15) is 14.9 Å². The smallest absolute Gasteiger partial charge is 0.341 e. The fourth-order valence-electron chi connectivity index (χ4n) is 2.57. The molecule has 0 saturated heterocycles. The SMILES string of the molecule is CCOC(=O)c1cnc2c(Cl)cc(Cl)cc2c1Nc1cccc([N+](=O)[O-])c1. The van der Waals surface area contributed by atoms with E-state index in [4.69, 9.17) is 27.9 Å². The Bertz CT molecular complexity index is 1060. The van der Waals surface area contributed by atoms with E-state index in [1.54, 1.807) is 25.1 Å². The largest absolute Gasteiger partial charge is 0.462 e. The normalized spacial score (nSPS) is 10.6. The van der Waals surface area contributed by atoms with E-state index >= 15 is 0 Å². The van der Waals surface area contributed by atoms with E-state index in [0.717, 1.165) is 0 Å². The lowest BCUT2D eigenvalue weighted by molar-refractivity contribution is -0.384. The number of ether oxygens (including phenoxy) is 1. The molecule has 0 bridgehead atoms. The van der Waals surface area contributed by atoms with Gasteiger partial charge in [0.05, 0.1) is 27.8 Å². The number of pyridine rings is 1. The maximum absolute atomic E-state index is 12.4. The number of aromatic nitrogens is 1. The summed E-state index contributed by atoms with van der Waals surface area (Å²) in [6.45, 7) is 1.87. The number of rotatable bonds is 5. The van der Waals surface area contributed by atoms with Crippen LogP contribution in [0.1, 0.15) is 17.3 Å². The molecule has 0 spiro atoms. The molecule has 0 atom stereocenters. The van der Waals surface area contributed by atoms with Gasteiger partial charge in [0, 0.05) is 34.4 Å². The Labute approximate surface area is 164 Å². The fourth-order valence-corrected chi connectivity index (χ4v) is 3.11. The maximum Gasteiger partial charge on any atom is 0.341 e. The van der Waals surface area contributed by atoms with Gasteiger partial charge in [-0.2, -0.15) is 0 Å². The van der Waals surface area contributed by atoms with E-state index < -0.39 is 10.9 Å². The molecular formula is C18H13Cl2N3O4. The van der Waals surface area contributed by atoms with Gasteiger partial charge in [-0.15, -0.1) is 0 Å². The molecule has 7 nitrogen and oxygen atoms in total. The Morgan fingerprint density at radius 2 is 2.07 bits per heavy atom. The molecule has 0 amide bonds. The highest BCUT2D eigenvalue weighted by atomic mass is 35.5. The number of halogens is 2. The molecule has 0 aliphatic rings. The van der Waals surface area contributed by atoms with Gasteiger partial charge in [-0.3, -0.25) is 15.1 Å². The Morgan fingerprint density at radius 1 is 1.30 bits per heavy atom. The second kappa shape index (κ2) is 7.77. The summed E-state index contributed by atoms with van der Waals surface area (Å²) >= 11 is 12.3. The summed E-state index contributed by atoms with van der Waals surface area (Å²) in [5.74, 6) is -0.587. The summed E-state index contributed by atoms with van der Waals surface area (Å²) in [7, 11) is 0. The zero-order valence-corrected chi connectivity index (χ0v) is 15.5. The van der Waals surface area contributed by atoms with Crippen molar-refractivity contribution in [3.63, 3.8) is 0 Å². The fraction of sp³-hybridized carbons (Fsp3) is 0.111. The number of carbonyl (C=O) groups is 1. The van der Waals surface area contributed by atoms with Crippen LogP contribution in [0.3, 0.4) is 0 Å². The van der Waals surface area contributed by atoms with E-state index in [-0.39, 0.29) is 17.9 Å². The maximum atomic E-state index is 12.4. The van der Waals surface area contributed by atoms with E-state index in [0.29, 0.717) is 32.3 Å². The molecule has 1 N–H and O–H groups in total. The Kier molecular flexibility index (Phi) is 5.43. The van der Waals surface area contributed by atoms with Crippen molar-refractivity contribution in [3.8, 4) is 0 Å². The van der Waals surface area contributed by atoms with Crippen LogP contribution in [0.2, 0.25) is 10.0 Å². The topological polar surface area (TPSA) is 94.4 Å². The minimum atomic E-state index is -0.587. The molecule has 0 unspecified atom stereocenters. The minimum Gasteiger partial charge on any atom is -0.462 e. The molecule has 3 rings (SSSR count). The monoisotopic (exact) mass is 405 g/mol. The first kappa shape index (κ1) is 18.9. The number of hydrogen-bond acceptors (Lipinski definition) is 6. The van der Waals surface area contributed by atoms with Crippen molar-refractivity contribution in [3.05, 3.63) is 68.3 Å². The molecule has 0 fully saturated rings. The van der Waals surface area contributed by atoms with E-state index in [1.807, 2.05) is 0 Å². The van der Waals surface area contributed by atoms with E-state index in [1.165, 1.54) is 24.4 Å². The van der Waals surface area contributed by atoms with Crippen LogP contribution in [0.25, 0.3) is 10.9 Å². The summed E-state index contributed by atoms with van der Waals surface area (Å²) in [5, 5.41) is 15.2. The lowest BCUT2D eigenvalue weighted by Gasteiger charge is -2.15. The summed E-state index contributed by atoms with van der Waals surface area (Å²) < 4.78 is 5.08. The van der Waals surface area contributed by atoms with Gasteiger partial charge in [0.25, 0.3) is 5.69 Å². The number of esters is 1. The first-order valence-corrected chi connectivity index (χ1v) is 8.62. The summed E-state index contributed by atoms with van der Waals surface area (Å²) in [6, 6.07) is 9.05. The van der Waals surface area contributed by atoms with Gasteiger partial charge in [-0.1, -0.05) is 29.3 Å². The molecule has 27 heavy (non-hydrogen) atoms. The van der Waals surface area contributed by atoms with Gasteiger partial charge in [-0.05, 0) is 25.1 Å². The number of nitro groups is 1. The third-order valence-corrected chi connectivity index (χ3v) is 4.22. The van der Waals surface area contributed by atoms with Crippen molar-refractivity contribution in [1.82, 2.24) is 4.98 Å². The van der Waals surface area contributed by atoms with Crippen LogP contribution < -0.4 is 5.32 Å². The van der Waals surface area contributed by atoms with Gasteiger partial charge < -0.3 is 10.1 Å². The number of benzene rings is 2. The predicted molar refractivity (Wildman–Crippen MR) is 104 cm³/mol. The Hall–Kier alpha value is -2.90. The van der Waals surface area contributed by atoms with Gasteiger partial charge in [0.15, 0.2) is 0 Å². The lowest BCUT2D eigenvalue weighted by atomic mass is 10.1. The average molecular weight is 406 g/mol. The first-order valence-electron chi connectivity index (χ1n) is 7.87. The number of non-ortho nitro benzene ring substituents is 1. The molecule has 3 aromatic rings. The minimum absolute atomic E-state index is 0.0906. The third kappa shape index (κ3) is 3.94. The molecule has 0 saturated carbocycles. The average Bonchev–Trinajstić information content (AvgIpc) is 2.62. The lowest BCUT2D eigenvalue weighted by Crippen LogP contribution is -2.09. The number of anilines is 2. The van der Waals surface area contributed by atoms with Crippen LogP contribution >= 0.6 is 23.2 Å². The number of hydrogen-bond donors (Lipinski definition) is 1. The molecule has 0 aliphatic heterocycles. The highest BCUT2D eigenvalue weighted by molar-refractivity contribution is 6.38. The highest BCUT2D eigenvalue weighted by Crippen LogP contribution is 2.35.